The molecule has 0 unspecified atom stereocenters. The van der Waals surface area contributed by atoms with E-state index in [1.165, 1.54) is 70.2 Å². The van der Waals surface area contributed by atoms with Gasteiger partial charge in [0.2, 0.25) is 0 Å². The van der Waals surface area contributed by atoms with E-state index >= 15 is 0 Å². The Labute approximate surface area is 329 Å². The van der Waals surface area contributed by atoms with Gasteiger partial charge in [0.1, 0.15) is 5.76 Å². The van der Waals surface area contributed by atoms with Crippen LogP contribution in [0.4, 0.5) is 0 Å². The molecule has 1 aromatic heterocycles. The van der Waals surface area contributed by atoms with E-state index in [1.807, 2.05) is 41.5 Å². The van der Waals surface area contributed by atoms with E-state index < -0.39 is 0 Å². The largest absolute Gasteiger partial charge is 0.512 e. The number of allylic oxidation sites excluding steroid dienone is 2. The van der Waals surface area contributed by atoms with Crippen molar-refractivity contribution in [3.05, 3.63) is 88.7 Å². The van der Waals surface area contributed by atoms with Gasteiger partial charge < -0.3 is 5.11 Å². The number of carbonyl (C=O) groups excluding carboxylic acids is 1. The molecule has 285 valence electrons. The zero-order valence-corrected chi connectivity index (χ0v) is 37.0. The summed E-state index contributed by atoms with van der Waals surface area (Å²) < 4.78 is 0. The van der Waals surface area contributed by atoms with Crippen LogP contribution in [0.5, 0.6) is 0 Å². The molecule has 0 atom stereocenters. The van der Waals surface area contributed by atoms with Gasteiger partial charge in [0.15, 0.2) is 5.78 Å². The molecule has 1 heterocycles. The van der Waals surface area contributed by atoms with Gasteiger partial charge in [-0.25, -0.2) is 0 Å². The number of aliphatic hydroxyl groups is 1. The van der Waals surface area contributed by atoms with Crippen molar-refractivity contribution in [2.45, 2.75) is 153 Å². The molecule has 3 nitrogen and oxygen atoms in total. The van der Waals surface area contributed by atoms with Crippen LogP contribution in [0.25, 0.3) is 32.9 Å². The predicted octanol–water partition coefficient (Wildman–Crippen LogP) is 14.1. The first-order chi connectivity index (χ1) is 23.8. The van der Waals surface area contributed by atoms with Crippen molar-refractivity contribution in [3.8, 4) is 11.3 Å². The molecule has 4 heteroatoms. The number of benzene rings is 3. The summed E-state index contributed by atoms with van der Waals surface area (Å²) in [4.78, 5) is 17.4. The molecule has 1 aliphatic carbocycles. The van der Waals surface area contributed by atoms with Crippen molar-refractivity contribution in [1.82, 2.24) is 4.98 Å². The van der Waals surface area contributed by atoms with Crippen molar-refractivity contribution >= 4 is 27.5 Å². The normalized spacial score (nSPS) is 15.6. The molecule has 3 aromatic carbocycles. The topological polar surface area (TPSA) is 50.2 Å². The number of nitrogens with zero attached hydrogens (tertiary/aromatic N) is 1. The second-order valence-corrected chi connectivity index (χ2v) is 17.8. The summed E-state index contributed by atoms with van der Waals surface area (Å²) in [6.07, 6.45) is 9.85. The fourth-order valence-corrected chi connectivity index (χ4v) is 7.63. The van der Waals surface area contributed by atoms with Crippen LogP contribution in [0.2, 0.25) is 0 Å². The number of pyridine rings is 1. The Morgan fingerprint density at radius 2 is 1.46 bits per heavy atom. The fraction of sp³-hybridized carbons (Fsp3) is 0.542. The first-order valence-corrected chi connectivity index (χ1v) is 19.6. The molecule has 1 radical (unpaired) electrons. The second kappa shape index (κ2) is 17.1. The number of fused-ring (bicyclic) bond motifs is 2. The smallest absolute Gasteiger partial charge is 0.164 e. The SMILES string of the molecule is CCC(C)(CC)C(=O)/C=C(\O)C(C)(CC)CC.Cc1cc(C)c2c(C3CCC(C)(C)CC3)cc(-c3[c-]c4ccccc4c(C(C)(C)C)c3)nc2c1.[Ir]. The van der Waals surface area contributed by atoms with Crippen molar-refractivity contribution in [3.63, 3.8) is 0 Å². The molecule has 0 amide bonds. The molecule has 0 aliphatic heterocycles. The number of hydrogen-bond donors (Lipinski definition) is 1. The van der Waals surface area contributed by atoms with E-state index in [1.54, 1.807) is 0 Å². The standard InChI is InChI=1S/C33H38N.C15H28O2.Ir/c1-21-16-22(2)31-27(23-12-14-33(6,7)15-13-23)20-29(34-30(31)17-21)25-18-24-10-8-9-11-26(24)28(19-25)32(3,4)5;1-7-14(5,8-2)12(16)11-13(17)15(6,9-3)10-4;/h8-11,16-17,19-20,23H,12-15H2,1-7H3;11,16H,7-10H2,1-6H3;/q-1;;/b;12-11-;. The van der Waals surface area contributed by atoms with E-state index in [0.717, 1.165) is 42.5 Å². The van der Waals surface area contributed by atoms with Crippen molar-refractivity contribution in [2.75, 3.05) is 0 Å². The van der Waals surface area contributed by atoms with Gasteiger partial charge in [0.05, 0.1) is 5.52 Å². The van der Waals surface area contributed by atoms with Crippen LogP contribution in [-0.2, 0) is 30.3 Å². The minimum atomic E-state index is -0.337. The molecule has 1 saturated carbocycles. The van der Waals surface area contributed by atoms with Crippen LogP contribution in [0.15, 0.2) is 60.4 Å². The van der Waals surface area contributed by atoms with E-state index in [2.05, 4.69) is 103 Å². The van der Waals surface area contributed by atoms with E-state index in [4.69, 9.17) is 4.98 Å². The van der Waals surface area contributed by atoms with Crippen LogP contribution < -0.4 is 0 Å². The molecule has 0 spiro atoms. The van der Waals surface area contributed by atoms with Crippen LogP contribution in [-0.4, -0.2) is 15.9 Å². The summed E-state index contributed by atoms with van der Waals surface area (Å²) >= 11 is 0. The van der Waals surface area contributed by atoms with Crippen LogP contribution >= 0.6 is 0 Å². The average Bonchev–Trinajstić information content (AvgIpc) is 3.09. The first kappa shape index (κ1) is 43.6. The van der Waals surface area contributed by atoms with Crippen molar-refractivity contribution < 1.29 is 30.0 Å². The summed E-state index contributed by atoms with van der Waals surface area (Å²) in [5.41, 5.74) is 8.70. The molecule has 4 aromatic rings. The number of carbonyl (C=O) groups is 1. The van der Waals surface area contributed by atoms with Gasteiger partial charge in [-0.2, -0.15) is 0 Å². The molecule has 0 bridgehead atoms. The van der Waals surface area contributed by atoms with Crippen molar-refractivity contribution in [2.24, 2.45) is 16.2 Å². The van der Waals surface area contributed by atoms with Gasteiger partial charge in [-0.1, -0.05) is 117 Å². The van der Waals surface area contributed by atoms with Gasteiger partial charge in [0.25, 0.3) is 0 Å². The number of aliphatic hydroxyl groups excluding tert-OH is 1. The molecule has 52 heavy (non-hydrogen) atoms. The molecule has 1 fully saturated rings. The Kier molecular flexibility index (Phi) is 14.3. The van der Waals surface area contributed by atoms with E-state index in [9.17, 15) is 9.90 Å². The van der Waals surface area contributed by atoms with Crippen LogP contribution in [0.3, 0.4) is 0 Å². The number of aromatic nitrogens is 1. The maximum atomic E-state index is 12.2. The predicted molar refractivity (Wildman–Crippen MR) is 220 cm³/mol. The third-order valence-corrected chi connectivity index (χ3v) is 12.5. The minimum absolute atomic E-state index is 0. The average molecular weight is 881 g/mol. The van der Waals surface area contributed by atoms with Gasteiger partial charge in [-0.05, 0) is 105 Å². The second-order valence-electron chi connectivity index (χ2n) is 17.8. The Hall–Kier alpha value is -2.81. The zero-order chi connectivity index (χ0) is 37.9. The van der Waals surface area contributed by atoms with Crippen LogP contribution in [0, 0.1) is 36.2 Å². The van der Waals surface area contributed by atoms with E-state index in [0.29, 0.717) is 11.3 Å². The number of aryl methyl sites for hydroxylation is 2. The molecule has 5 rings (SSSR count). The van der Waals surface area contributed by atoms with Gasteiger partial charge in [-0.15, -0.1) is 29.1 Å². The third kappa shape index (κ3) is 9.64. The Balaban J connectivity index is 0.000000347. The summed E-state index contributed by atoms with van der Waals surface area (Å²) in [6.45, 7) is 28.3. The quantitative estimate of drug-likeness (QED) is 0.104. The third-order valence-electron chi connectivity index (χ3n) is 12.5. The molecule has 1 aliphatic rings. The summed E-state index contributed by atoms with van der Waals surface area (Å²) in [6, 6.07) is 21.7. The van der Waals surface area contributed by atoms with E-state index in [-0.39, 0.29) is 47.9 Å². The number of rotatable bonds is 9. The summed E-state index contributed by atoms with van der Waals surface area (Å²) in [5, 5.41) is 14.0. The maximum Gasteiger partial charge on any atom is 0.164 e. The maximum absolute atomic E-state index is 12.2. The zero-order valence-electron chi connectivity index (χ0n) is 34.6. The fourth-order valence-electron chi connectivity index (χ4n) is 7.63. The molecular formula is C48H66IrNO2-. The minimum Gasteiger partial charge on any atom is -0.512 e. The molecule has 0 saturated heterocycles. The van der Waals surface area contributed by atoms with Gasteiger partial charge >= 0.3 is 0 Å². The molecular weight excluding hydrogens is 815 g/mol. The monoisotopic (exact) mass is 881 g/mol. The Morgan fingerprint density at radius 1 is 0.885 bits per heavy atom. The summed E-state index contributed by atoms with van der Waals surface area (Å²) in [5.74, 6) is 0.884. The van der Waals surface area contributed by atoms with Crippen LogP contribution in [0.1, 0.15) is 156 Å². The van der Waals surface area contributed by atoms with Gasteiger partial charge in [-0.3, -0.25) is 9.78 Å². The number of hydrogen-bond acceptors (Lipinski definition) is 3. The van der Waals surface area contributed by atoms with Crippen molar-refractivity contribution in [1.29, 1.82) is 0 Å². The number of ketones is 1. The molecule has 1 N–H and O–H groups in total. The first-order valence-electron chi connectivity index (χ1n) is 19.6. The Bertz CT molecular complexity index is 1870. The Morgan fingerprint density at radius 3 is 2.02 bits per heavy atom. The summed E-state index contributed by atoms with van der Waals surface area (Å²) in [7, 11) is 0. The van der Waals surface area contributed by atoms with Gasteiger partial charge in [0, 0.05) is 48.1 Å².